The summed E-state index contributed by atoms with van der Waals surface area (Å²) >= 11 is 6.60. The Morgan fingerprint density at radius 1 is 1.17 bits per heavy atom. The fourth-order valence-electron chi connectivity index (χ4n) is 4.86. The Labute approximate surface area is 210 Å². The van der Waals surface area contributed by atoms with E-state index >= 15 is 0 Å². The van der Waals surface area contributed by atoms with Crippen LogP contribution in [-0.2, 0) is 9.53 Å². The maximum absolute atomic E-state index is 12.4. The number of aromatic amines is 1. The van der Waals surface area contributed by atoms with Gasteiger partial charge in [-0.25, -0.2) is 4.98 Å². The molecule has 1 N–H and O–H groups in total. The van der Waals surface area contributed by atoms with Crippen molar-refractivity contribution in [1.29, 1.82) is 0 Å². The number of hydrogen-bond acceptors (Lipinski definition) is 6. The van der Waals surface area contributed by atoms with Crippen LogP contribution in [0.5, 0.6) is 6.01 Å². The Hall–Kier alpha value is -2.84. The van der Waals surface area contributed by atoms with Gasteiger partial charge in [0.05, 0.1) is 29.4 Å². The highest BCUT2D eigenvalue weighted by Crippen LogP contribution is 2.31. The molecule has 2 aliphatic heterocycles. The van der Waals surface area contributed by atoms with Crippen LogP contribution in [0, 0.1) is 5.92 Å². The lowest BCUT2D eigenvalue weighted by Gasteiger charge is -2.38. The Morgan fingerprint density at radius 2 is 1.91 bits per heavy atom. The number of amides is 1. The maximum atomic E-state index is 12.4. The van der Waals surface area contributed by atoms with Crippen LogP contribution < -0.4 is 9.64 Å². The Balaban J connectivity index is 1.29. The van der Waals surface area contributed by atoms with E-state index in [1.165, 1.54) is 5.69 Å². The van der Waals surface area contributed by atoms with Crippen LogP contribution in [0.1, 0.15) is 33.6 Å². The van der Waals surface area contributed by atoms with Gasteiger partial charge in [0.1, 0.15) is 6.10 Å². The normalized spacial score (nSPS) is 21.1. The van der Waals surface area contributed by atoms with E-state index in [2.05, 4.69) is 33.9 Å². The molecule has 1 amide bonds. The van der Waals surface area contributed by atoms with Crippen molar-refractivity contribution in [1.82, 2.24) is 19.9 Å². The van der Waals surface area contributed by atoms with Gasteiger partial charge in [0.25, 0.3) is 6.01 Å². The number of hydrogen-bond donors (Lipinski definition) is 1. The molecule has 0 saturated carbocycles. The van der Waals surface area contributed by atoms with Gasteiger partial charge in [-0.2, -0.15) is 4.98 Å². The van der Waals surface area contributed by atoms with Gasteiger partial charge in [-0.05, 0) is 25.1 Å². The van der Waals surface area contributed by atoms with E-state index in [4.69, 9.17) is 26.1 Å². The van der Waals surface area contributed by atoms with Gasteiger partial charge in [0.15, 0.2) is 5.65 Å². The number of likely N-dealkylation sites (tertiary alicyclic amines) is 1. The molecule has 1 aromatic carbocycles. The fourth-order valence-corrected chi connectivity index (χ4v) is 5.12. The predicted octanol–water partition coefficient (Wildman–Crippen LogP) is 4.53. The molecule has 0 bridgehead atoms. The molecule has 2 atom stereocenters. The number of nitrogens with zero attached hydrogens (tertiary/aromatic N) is 4. The van der Waals surface area contributed by atoms with Crippen molar-refractivity contribution in [3.8, 4) is 17.3 Å². The molecule has 186 valence electrons. The Morgan fingerprint density at radius 3 is 2.60 bits per heavy atom. The van der Waals surface area contributed by atoms with Crippen LogP contribution in [-0.4, -0.2) is 70.8 Å². The van der Waals surface area contributed by atoms with Crippen LogP contribution in [0.25, 0.3) is 22.4 Å². The number of pyridine rings is 1. The molecule has 8 nitrogen and oxygen atoms in total. The van der Waals surface area contributed by atoms with Gasteiger partial charge in [-0.3, -0.25) is 4.79 Å². The van der Waals surface area contributed by atoms with Gasteiger partial charge in [-0.1, -0.05) is 37.6 Å². The third kappa shape index (κ3) is 5.09. The average Bonchev–Trinajstić information content (AvgIpc) is 3.24. The number of aromatic nitrogens is 3. The van der Waals surface area contributed by atoms with E-state index < -0.39 is 0 Å². The number of benzene rings is 1. The zero-order chi connectivity index (χ0) is 24.5. The first-order valence-corrected chi connectivity index (χ1v) is 12.7. The first-order chi connectivity index (χ1) is 16.9. The molecule has 2 aliphatic rings. The monoisotopic (exact) mass is 497 g/mol. The molecule has 2 saturated heterocycles. The van der Waals surface area contributed by atoms with Gasteiger partial charge in [-0.15, -0.1) is 0 Å². The lowest BCUT2D eigenvalue weighted by Crippen LogP contribution is -2.48. The molecule has 0 unspecified atom stereocenters. The minimum Gasteiger partial charge on any atom is -0.461 e. The van der Waals surface area contributed by atoms with Crippen molar-refractivity contribution in [2.45, 2.75) is 45.8 Å². The summed E-state index contributed by atoms with van der Waals surface area (Å²) in [6.45, 7) is 9.95. The molecule has 4 heterocycles. The second-order valence-electron chi connectivity index (χ2n) is 9.68. The smallest absolute Gasteiger partial charge is 0.296 e. The largest absolute Gasteiger partial charge is 0.461 e. The van der Waals surface area contributed by atoms with Crippen LogP contribution in [0.15, 0.2) is 30.3 Å². The molecule has 0 aliphatic carbocycles. The van der Waals surface area contributed by atoms with E-state index in [9.17, 15) is 4.79 Å². The van der Waals surface area contributed by atoms with Crippen LogP contribution in [0.3, 0.4) is 0 Å². The van der Waals surface area contributed by atoms with Crippen LogP contribution in [0.2, 0.25) is 5.02 Å². The molecule has 35 heavy (non-hydrogen) atoms. The summed E-state index contributed by atoms with van der Waals surface area (Å²) in [5.74, 6) is 0.204. The maximum Gasteiger partial charge on any atom is 0.296 e. The lowest BCUT2D eigenvalue weighted by molar-refractivity contribution is -0.139. The van der Waals surface area contributed by atoms with E-state index in [-0.39, 0.29) is 24.0 Å². The van der Waals surface area contributed by atoms with Crippen LogP contribution >= 0.6 is 11.6 Å². The molecule has 3 aromatic rings. The quantitative estimate of drug-likeness (QED) is 0.557. The number of anilines is 1. The third-order valence-corrected chi connectivity index (χ3v) is 7.09. The van der Waals surface area contributed by atoms with Gasteiger partial charge in [0, 0.05) is 55.7 Å². The van der Waals surface area contributed by atoms with Crippen molar-refractivity contribution in [2.24, 2.45) is 5.92 Å². The fraction of sp³-hybridized carbons (Fsp3) is 0.500. The minimum atomic E-state index is -0.00977. The second kappa shape index (κ2) is 10.0. The number of piperidine rings is 1. The van der Waals surface area contributed by atoms with Crippen molar-refractivity contribution in [3.05, 3.63) is 35.4 Å². The summed E-state index contributed by atoms with van der Waals surface area (Å²) in [6, 6.07) is 10.7. The van der Waals surface area contributed by atoms with Crippen molar-refractivity contribution in [2.75, 3.05) is 37.7 Å². The zero-order valence-electron chi connectivity index (χ0n) is 20.5. The number of imidazole rings is 1. The summed E-state index contributed by atoms with van der Waals surface area (Å²) in [6.07, 6.45) is 1.53. The van der Waals surface area contributed by atoms with E-state index in [0.717, 1.165) is 50.2 Å². The molecule has 5 rings (SSSR count). The number of carbonyl (C=O) groups is 1. The first kappa shape index (κ1) is 23.9. The number of nitrogens with one attached hydrogen (secondary N) is 1. The van der Waals surface area contributed by atoms with Crippen LogP contribution in [0.4, 0.5) is 5.69 Å². The minimum absolute atomic E-state index is 0.00545. The van der Waals surface area contributed by atoms with E-state index in [1.807, 2.05) is 36.9 Å². The molecular weight excluding hydrogens is 466 g/mol. The standard InChI is InChI=1S/C26H32ClN5O3/c1-16(2)25(33)32-9-8-20(14-17(32)3)35-26-28-22-15-21(27)23(29-24(22)30-26)18-4-6-19(7-5-18)31-10-12-34-13-11-31/h4-7,15-17,20H,8-14H2,1-3H3,(H,28,29,30)/t17-,20-/m0/s1. The molecule has 9 heteroatoms. The number of morpholine rings is 1. The van der Waals surface area contributed by atoms with E-state index in [1.54, 1.807) is 0 Å². The number of halogens is 1. The molecule has 2 aromatic heterocycles. The molecular formula is C26H32ClN5O3. The van der Waals surface area contributed by atoms with E-state index in [0.29, 0.717) is 28.9 Å². The number of H-pyrrole nitrogens is 1. The second-order valence-corrected chi connectivity index (χ2v) is 10.1. The topological polar surface area (TPSA) is 83.6 Å². The van der Waals surface area contributed by atoms with Crippen molar-refractivity contribution >= 4 is 34.4 Å². The highest BCUT2D eigenvalue weighted by atomic mass is 35.5. The number of carbonyl (C=O) groups excluding carboxylic acids is 1. The highest BCUT2D eigenvalue weighted by molar-refractivity contribution is 6.33. The summed E-state index contributed by atoms with van der Waals surface area (Å²) < 4.78 is 11.6. The van der Waals surface area contributed by atoms with Gasteiger partial charge < -0.3 is 24.3 Å². The zero-order valence-corrected chi connectivity index (χ0v) is 21.2. The number of ether oxygens (including phenoxy) is 2. The van der Waals surface area contributed by atoms with Gasteiger partial charge >= 0.3 is 0 Å². The highest BCUT2D eigenvalue weighted by Gasteiger charge is 2.31. The number of rotatable bonds is 5. The third-order valence-electron chi connectivity index (χ3n) is 6.81. The summed E-state index contributed by atoms with van der Waals surface area (Å²) in [7, 11) is 0. The molecule has 2 fully saturated rings. The molecule has 0 spiro atoms. The van der Waals surface area contributed by atoms with Gasteiger partial charge in [0.2, 0.25) is 5.91 Å². The Kier molecular flexibility index (Phi) is 6.84. The Bertz CT molecular complexity index is 1190. The SMILES string of the molecule is CC(C)C(=O)N1CC[C@H](Oc2nc3nc(-c4ccc(N5CCOCC5)cc4)c(Cl)cc3[nH]2)C[C@@H]1C. The summed E-state index contributed by atoms with van der Waals surface area (Å²) in [4.78, 5) is 29.2. The number of fused-ring (bicyclic) bond motifs is 1. The predicted molar refractivity (Wildman–Crippen MR) is 137 cm³/mol. The first-order valence-electron chi connectivity index (χ1n) is 12.4. The van der Waals surface area contributed by atoms with Crippen molar-refractivity contribution < 1.29 is 14.3 Å². The summed E-state index contributed by atoms with van der Waals surface area (Å²) in [5.41, 5.74) is 4.10. The van der Waals surface area contributed by atoms with Crippen molar-refractivity contribution in [3.63, 3.8) is 0 Å². The molecule has 0 radical (unpaired) electrons. The average molecular weight is 498 g/mol. The summed E-state index contributed by atoms with van der Waals surface area (Å²) in [5, 5.41) is 0.556. The lowest BCUT2D eigenvalue weighted by atomic mass is 9.99.